The van der Waals surface area contributed by atoms with Crippen LogP contribution in [0.2, 0.25) is 0 Å². The van der Waals surface area contributed by atoms with Gasteiger partial charge in [-0.3, -0.25) is 14.9 Å². The Balaban J connectivity index is 3.19. The molecule has 1 aromatic heterocycles. The van der Waals surface area contributed by atoms with Gasteiger partial charge in [0, 0.05) is 6.07 Å². The number of rotatable bonds is 5. The van der Waals surface area contributed by atoms with Crippen molar-refractivity contribution < 1.29 is 28.3 Å². The number of carbonyl (C=O) groups excluding carboxylic acids is 1. The molecule has 0 unspecified atom stereocenters. The molecule has 1 heterocycles. The van der Waals surface area contributed by atoms with E-state index >= 15 is 0 Å². The fourth-order valence-electron chi connectivity index (χ4n) is 1.34. The van der Waals surface area contributed by atoms with Crippen molar-refractivity contribution in [3.63, 3.8) is 0 Å². The van der Waals surface area contributed by atoms with E-state index < -0.39 is 40.9 Å². The number of ether oxygens (including phenoxy) is 1. The topological polar surface area (TPSA) is 103 Å². The molecule has 9 heteroatoms. The molecular formula is C10H10F2N2O5. The molecule has 0 amide bonds. The summed E-state index contributed by atoms with van der Waals surface area (Å²) in [6.45, 7) is 1.63. The molecule has 19 heavy (non-hydrogen) atoms. The number of aromatic nitrogens is 1. The number of esters is 1. The maximum Gasteiger partial charge on any atom is 0.314 e. The van der Waals surface area contributed by atoms with Gasteiger partial charge < -0.3 is 9.84 Å². The van der Waals surface area contributed by atoms with Gasteiger partial charge in [0.2, 0.25) is 5.75 Å². The summed E-state index contributed by atoms with van der Waals surface area (Å²) in [5.41, 5.74) is -2.32. The predicted molar refractivity (Wildman–Crippen MR) is 57.9 cm³/mol. The minimum atomic E-state index is -3.19. The highest BCUT2D eigenvalue weighted by molar-refractivity contribution is 5.72. The van der Waals surface area contributed by atoms with Gasteiger partial charge in [0.1, 0.15) is 0 Å². The number of carbonyl (C=O) groups is 1. The van der Waals surface area contributed by atoms with Crippen LogP contribution in [0.3, 0.4) is 0 Å². The fraction of sp³-hybridized carbons (Fsp3) is 0.400. The van der Waals surface area contributed by atoms with Crippen LogP contribution in [0.5, 0.6) is 5.75 Å². The molecule has 0 saturated carbocycles. The van der Waals surface area contributed by atoms with E-state index in [0.717, 1.165) is 6.07 Å². The van der Waals surface area contributed by atoms with E-state index in [1.54, 1.807) is 6.92 Å². The Morgan fingerprint density at radius 3 is 2.74 bits per heavy atom. The molecule has 0 aliphatic heterocycles. The van der Waals surface area contributed by atoms with Crippen molar-refractivity contribution in [2.75, 3.05) is 6.61 Å². The average Bonchev–Trinajstić information content (AvgIpc) is 2.30. The third-order valence-electron chi connectivity index (χ3n) is 2.09. The second-order valence-corrected chi connectivity index (χ2v) is 3.41. The number of hydrogen-bond acceptors (Lipinski definition) is 6. The van der Waals surface area contributed by atoms with Crippen molar-refractivity contribution in [3.8, 4) is 5.75 Å². The third-order valence-corrected chi connectivity index (χ3v) is 2.09. The van der Waals surface area contributed by atoms with Gasteiger partial charge in [-0.05, 0) is 6.92 Å². The summed E-state index contributed by atoms with van der Waals surface area (Å²) >= 11 is 0. The van der Waals surface area contributed by atoms with Gasteiger partial charge in [-0.25, -0.2) is 13.8 Å². The molecule has 7 nitrogen and oxygen atoms in total. The normalized spacial score (nSPS) is 10.5. The largest absolute Gasteiger partial charge is 0.501 e. The van der Waals surface area contributed by atoms with E-state index in [2.05, 4.69) is 9.72 Å². The van der Waals surface area contributed by atoms with Crippen molar-refractivity contribution in [1.82, 2.24) is 4.98 Å². The summed E-state index contributed by atoms with van der Waals surface area (Å²) in [5, 5.41) is 19.9. The molecule has 0 fully saturated rings. The van der Waals surface area contributed by atoms with Gasteiger partial charge in [-0.15, -0.1) is 0 Å². The maximum absolute atomic E-state index is 12.6. The molecule has 0 atom stereocenters. The molecule has 1 rings (SSSR count). The summed E-state index contributed by atoms with van der Waals surface area (Å²) in [4.78, 5) is 24.1. The second kappa shape index (κ2) is 6.03. The Labute approximate surface area is 106 Å². The molecule has 0 bridgehead atoms. The minimum Gasteiger partial charge on any atom is -0.501 e. The minimum absolute atomic E-state index is 0.0840. The highest BCUT2D eigenvalue weighted by Crippen LogP contribution is 2.34. The summed E-state index contributed by atoms with van der Waals surface area (Å²) < 4.78 is 29.7. The molecule has 0 aliphatic carbocycles. The number of aromatic hydroxyl groups is 1. The first-order valence-electron chi connectivity index (χ1n) is 5.17. The molecular weight excluding hydrogens is 266 g/mol. The first-order chi connectivity index (χ1) is 8.86. The van der Waals surface area contributed by atoms with Gasteiger partial charge >= 0.3 is 11.7 Å². The number of alkyl halides is 2. The Kier molecular flexibility index (Phi) is 4.67. The number of halogens is 2. The monoisotopic (exact) mass is 276 g/mol. The number of hydrogen-bond donors (Lipinski definition) is 1. The Hall–Kier alpha value is -2.32. The average molecular weight is 276 g/mol. The van der Waals surface area contributed by atoms with Crippen LogP contribution in [-0.4, -0.2) is 27.6 Å². The molecule has 0 spiro atoms. The Bertz CT molecular complexity index is 507. The van der Waals surface area contributed by atoms with Crippen molar-refractivity contribution in [2.45, 2.75) is 19.8 Å². The molecule has 0 saturated heterocycles. The van der Waals surface area contributed by atoms with E-state index in [1.165, 1.54) is 0 Å². The van der Waals surface area contributed by atoms with Gasteiger partial charge in [0.05, 0.1) is 23.6 Å². The van der Waals surface area contributed by atoms with Crippen molar-refractivity contribution in [3.05, 3.63) is 27.6 Å². The highest BCUT2D eigenvalue weighted by Gasteiger charge is 2.26. The molecule has 0 aliphatic rings. The van der Waals surface area contributed by atoms with Gasteiger partial charge in [0.15, 0.2) is 5.69 Å². The lowest BCUT2D eigenvalue weighted by atomic mass is 10.2. The lowest BCUT2D eigenvalue weighted by Crippen LogP contribution is -2.10. The van der Waals surface area contributed by atoms with E-state index in [-0.39, 0.29) is 12.3 Å². The Morgan fingerprint density at radius 2 is 2.26 bits per heavy atom. The fourth-order valence-corrected chi connectivity index (χ4v) is 1.34. The summed E-state index contributed by atoms with van der Waals surface area (Å²) in [6, 6.07) is 0.762. The maximum atomic E-state index is 12.6. The standard InChI is InChI=1S/C10H10F2N2O5/c1-2-19-7(15)4-5-3-6(14(17)18)9(16)8(13-5)10(11)12/h3,10,16H,2,4H2,1H3. The first-order valence-corrected chi connectivity index (χ1v) is 5.17. The smallest absolute Gasteiger partial charge is 0.314 e. The summed E-state index contributed by atoms with van der Waals surface area (Å²) in [5.74, 6) is -1.96. The zero-order valence-corrected chi connectivity index (χ0v) is 9.80. The molecule has 1 aromatic rings. The van der Waals surface area contributed by atoms with Crippen LogP contribution in [0, 0.1) is 10.1 Å². The van der Waals surface area contributed by atoms with E-state index in [0.29, 0.717) is 0 Å². The van der Waals surface area contributed by atoms with E-state index in [1.807, 2.05) is 0 Å². The molecule has 104 valence electrons. The zero-order chi connectivity index (χ0) is 14.6. The molecule has 0 radical (unpaired) electrons. The summed E-state index contributed by atoms with van der Waals surface area (Å²) in [7, 11) is 0. The number of nitrogens with zero attached hydrogens (tertiary/aromatic N) is 2. The first kappa shape index (κ1) is 14.7. The van der Waals surface area contributed by atoms with Crippen LogP contribution in [0.1, 0.15) is 24.7 Å². The lowest BCUT2D eigenvalue weighted by molar-refractivity contribution is -0.386. The number of nitro groups is 1. The highest BCUT2D eigenvalue weighted by atomic mass is 19.3. The van der Waals surface area contributed by atoms with E-state index in [4.69, 9.17) is 0 Å². The molecule has 1 N–H and O–H groups in total. The quantitative estimate of drug-likeness (QED) is 0.499. The van der Waals surface area contributed by atoms with Crippen LogP contribution in [-0.2, 0) is 16.0 Å². The Morgan fingerprint density at radius 1 is 1.63 bits per heavy atom. The second-order valence-electron chi connectivity index (χ2n) is 3.41. The van der Waals surface area contributed by atoms with Crippen molar-refractivity contribution in [2.24, 2.45) is 0 Å². The zero-order valence-electron chi connectivity index (χ0n) is 9.80. The molecule has 0 aromatic carbocycles. The van der Waals surface area contributed by atoms with Gasteiger partial charge in [0.25, 0.3) is 6.43 Å². The number of pyridine rings is 1. The van der Waals surface area contributed by atoms with Crippen LogP contribution in [0.25, 0.3) is 0 Å². The predicted octanol–water partition coefficient (Wildman–Crippen LogP) is 1.74. The summed E-state index contributed by atoms with van der Waals surface area (Å²) in [6.07, 6.45) is -3.69. The van der Waals surface area contributed by atoms with Gasteiger partial charge in [-0.2, -0.15) is 0 Å². The SMILES string of the molecule is CCOC(=O)Cc1cc([N+](=O)[O-])c(O)c(C(F)F)n1. The van der Waals surface area contributed by atoms with Crippen molar-refractivity contribution >= 4 is 11.7 Å². The lowest BCUT2D eigenvalue weighted by Gasteiger charge is -2.07. The van der Waals surface area contributed by atoms with Crippen LogP contribution in [0.4, 0.5) is 14.5 Å². The van der Waals surface area contributed by atoms with E-state index in [9.17, 15) is 28.8 Å². The van der Waals surface area contributed by atoms with Crippen LogP contribution < -0.4 is 0 Å². The van der Waals surface area contributed by atoms with Crippen molar-refractivity contribution in [1.29, 1.82) is 0 Å². The van der Waals surface area contributed by atoms with Gasteiger partial charge in [-0.1, -0.05) is 0 Å². The third kappa shape index (κ3) is 3.57. The van der Waals surface area contributed by atoms with Crippen LogP contribution >= 0.6 is 0 Å². The van der Waals surface area contributed by atoms with Crippen LogP contribution in [0.15, 0.2) is 6.07 Å².